The highest BCUT2D eigenvalue weighted by Gasteiger charge is 2.21. The van der Waals surface area contributed by atoms with Crippen LogP contribution in [0.3, 0.4) is 0 Å². The third-order valence-electron chi connectivity index (χ3n) is 5.18. The van der Waals surface area contributed by atoms with E-state index in [1.54, 1.807) is 7.11 Å². The summed E-state index contributed by atoms with van der Waals surface area (Å²) in [6, 6.07) is 19.0. The molecule has 0 radical (unpaired) electrons. The van der Waals surface area contributed by atoms with Crippen molar-refractivity contribution in [3.8, 4) is 11.5 Å². The summed E-state index contributed by atoms with van der Waals surface area (Å²) in [5.74, 6) is 1.07. The summed E-state index contributed by atoms with van der Waals surface area (Å²) in [5.41, 5.74) is 2.60. The summed E-state index contributed by atoms with van der Waals surface area (Å²) in [5, 5.41) is 0. The summed E-state index contributed by atoms with van der Waals surface area (Å²) in [6.45, 7) is 2.34. The van der Waals surface area contributed by atoms with Gasteiger partial charge in [-0.1, -0.05) is 30.3 Å². The lowest BCUT2D eigenvalue weighted by molar-refractivity contribution is 0.296. The normalized spacial score (nSPS) is 15.5. The Morgan fingerprint density at radius 2 is 1.65 bits per heavy atom. The molecule has 158 valence electrons. The van der Waals surface area contributed by atoms with Crippen molar-refractivity contribution < 1.29 is 18.3 Å². The van der Waals surface area contributed by atoms with Crippen LogP contribution >= 0.6 is 0 Å². The first-order valence-electron chi connectivity index (χ1n) is 10.00. The minimum absolute atomic E-state index is 0.179. The average molecular weight is 419 g/mol. The fourth-order valence-electron chi connectivity index (χ4n) is 3.59. The topological polar surface area (TPSA) is 21.7 Å². The predicted molar refractivity (Wildman–Crippen MR) is 117 cm³/mol. The average Bonchev–Trinajstić information content (AvgIpc) is 2.76. The van der Waals surface area contributed by atoms with E-state index in [-0.39, 0.29) is 6.04 Å². The van der Waals surface area contributed by atoms with Crippen LogP contribution in [0.4, 0.5) is 8.78 Å². The van der Waals surface area contributed by atoms with Gasteiger partial charge in [-0.2, -0.15) is 0 Å². The zero-order chi connectivity index (χ0) is 21.8. The summed E-state index contributed by atoms with van der Waals surface area (Å²) < 4.78 is 38.8. The molecule has 4 rings (SSSR count). The highest BCUT2D eigenvalue weighted by Crippen LogP contribution is 2.32. The van der Waals surface area contributed by atoms with Crippen molar-refractivity contribution in [2.75, 3.05) is 7.11 Å². The fourth-order valence-corrected chi connectivity index (χ4v) is 3.59. The first-order chi connectivity index (χ1) is 15.0. The monoisotopic (exact) mass is 419 g/mol. The Labute approximate surface area is 180 Å². The van der Waals surface area contributed by atoms with E-state index >= 15 is 0 Å². The zero-order valence-corrected chi connectivity index (χ0v) is 17.4. The maximum Gasteiger partial charge on any atom is 0.130 e. The van der Waals surface area contributed by atoms with Gasteiger partial charge < -0.3 is 14.4 Å². The van der Waals surface area contributed by atoms with E-state index in [1.165, 1.54) is 12.1 Å². The van der Waals surface area contributed by atoms with E-state index < -0.39 is 11.6 Å². The van der Waals surface area contributed by atoms with Gasteiger partial charge in [-0.3, -0.25) is 0 Å². The summed E-state index contributed by atoms with van der Waals surface area (Å²) in [7, 11) is 1.62. The van der Waals surface area contributed by atoms with Gasteiger partial charge in [0.2, 0.25) is 0 Å². The van der Waals surface area contributed by atoms with Crippen molar-refractivity contribution in [3.05, 3.63) is 119 Å². The van der Waals surface area contributed by atoms with Gasteiger partial charge in [-0.15, -0.1) is 0 Å². The molecule has 0 aliphatic carbocycles. The highest BCUT2D eigenvalue weighted by atomic mass is 19.1. The molecule has 0 saturated heterocycles. The number of ether oxygens (including phenoxy) is 2. The maximum absolute atomic E-state index is 13.7. The molecule has 1 atom stereocenters. The quantitative estimate of drug-likeness (QED) is 0.467. The third kappa shape index (κ3) is 4.94. The van der Waals surface area contributed by atoms with Gasteiger partial charge in [0.05, 0.1) is 13.2 Å². The lowest BCUT2D eigenvalue weighted by Crippen LogP contribution is -2.25. The smallest absolute Gasteiger partial charge is 0.130 e. The first-order valence-corrected chi connectivity index (χ1v) is 10.00. The molecular weight excluding hydrogens is 396 g/mol. The Morgan fingerprint density at radius 1 is 0.935 bits per heavy atom. The lowest BCUT2D eigenvalue weighted by atomic mass is 10.0. The van der Waals surface area contributed by atoms with Gasteiger partial charge in [0.25, 0.3) is 0 Å². The van der Waals surface area contributed by atoms with Gasteiger partial charge in [0, 0.05) is 18.8 Å². The first kappa shape index (κ1) is 20.7. The van der Waals surface area contributed by atoms with Crippen LogP contribution in [0.15, 0.2) is 90.8 Å². The summed E-state index contributed by atoms with van der Waals surface area (Å²) in [4.78, 5) is 2.01. The predicted octanol–water partition coefficient (Wildman–Crippen LogP) is 6.32. The van der Waals surface area contributed by atoms with Crippen molar-refractivity contribution in [1.82, 2.24) is 4.90 Å². The van der Waals surface area contributed by atoms with Crippen LogP contribution in [0.5, 0.6) is 11.5 Å². The molecule has 1 aliphatic rings. The Balaban J connectivity index is 1.65. The van der Waals surface area contributed by atoms with Crippen molar-refractivity contribution in [2.24, 2.45) is 0 Å². The molecule has 0 aromatic heterocycles. The number of rotatable bonds is 6. The summed E-state index contributed by atoms with van der Waals surface area (Å²) >= 11 is 0. The maximum atomic E-state index is 13.7. The van der Waals surface area contributed by atoms with Crippen LogP contribution in [-0.4, -0.2) is 12.0 Å². The molecule has 3 nitrogen and oxygen atoms in total. The largest absolute Gasteiger partial charge is 0.497 e. The van der Waals surface area contributed by atoms with E-state index in [2.05, 4.69) is 0 Å². The molecule has 5 heteroatoms. The van der Waals surface area contributed by atoms with Crippen LogP contribution in [-0.2, 0) is 6.54 Å². The molecule has 0 bridgehead atoms. The second-order valence-corrected chi connectivity index (χ2v) is 7.42. The number of nitrogens with zero attached hydrogens (tertiary/aromatic N) is 1. The summed E-state index contributed by atoms with van der Waals surface area (Å²) in [6.07, 6.45) is 5.76. The Kier molecular flexibility index (Phi) is 6.03. The molecule has 0 fully saturated rings. The van der Waals surface area contributed by atoms with E-state index in [0.29, 0.717) is 17.9 Å². The Hall–Kier alpha value is -3.60. The molecule has 0 spiro atoms. The van der Waals surface area contributed by atoms with Gasteiger partial charge in [-0.25, -0.2) is 8.78 Å². The minimum atomic E-state index is -0.587. The van der Waals surface area contributed by atoms with Crippen molar-refractivity contribution >= 4 is 0 Å². The van der Waals surface area contributed by atoms with Gasteiger partial charge in [0.15, 0.2) is 0 Å². The zero-order valence-electron chi connectivity index (χ0n) is 17.4. The molecule has 0 saturated carbocycles. The van der Waals surface area contributed by atoms with Gasteiger partial charge in [-0.05, 0) is 66.1 Å². The molecule has 0 amide bonds. The Morgan fingerprint density at radius 3 is 2.32 bits per heavy atom. The van der Waals surface area contributed by atoms with Crippen molar-refractivity contribution in [2.45, 2.75) is 19.5 Å². The van der Waals surface area contributed by atoms with Crippen molar-refractivity contribution in [1.29, 1.82) is 0 Å². The standard InChI is InChI=1S/C26H23F2NO2/c1-18-5-3-4-6-26(18)31-24-11-12-29(17-19-13-21(27)15-22(28)14-19)25(16-24)20-7-9-23(30-2)10-8-20/h3-16,25H,17H2,1-2H3. The van der Waals surface area contributed by atoms with Crippen LogP contribution in [0.1, 0.15) is 22.7 Å². The molecule has 3 aromatic carbocycles. The number of para-hydroxylation sites is 1. The van der Waals surface area contributed by atoms with Gasteiger partial charge in [0.1, 0.15) is 28.9 Å². The number of halogens is 2. The third-order valence-corrected chi connectivity index (χ3v) is 5.18. The number of allylic oxidation sites excluding steroid dienone is 1. The molecule has 0 N–H and O–H groups in total. The Bertz CT molecular complexity index is 1100. The number of benzene rings is 3. The highest BCUT2D eigenvalue weighted by molar-refractivity contribution is 5.38. The SMILES string of the molecule is COc1ccc(C2C=C(Oc3ccccc3C)C=CN2Cc2cc(F)cc(F)c2)cc1. The van der Waals surface area contributed by atoms with E-state index in [0.717, 1.165) is 28.7 Å². The second-order valence-electron chi connectivity index (χ2n) is 7.42. The van der Waals surface area contributed by atoms with E-state index in [1.807, 2.05) is 78.7 Å². The van der Waals surface area contributed by atoms with Crippen LogP contribution in [0.25, 0.3) is 0 Å². The van der Waals surface area contributed by atoms with Crippen LogP contribution in [0.2, 0.25) is 0 Å². The van der Waals surface area contributed by atoms with Gasteiger partial charge >= 0.3 is 0 Å². The molecular formula is C26H23F2NO2. The number of methoxy groups -OCH3 is 1. The molecule has 1 unspecified atom stereocenters. The molecule has 1 aliphatic heterocycles. The molecule has 31 heavy (non-hydrogen) atoms. The van der Waals surface area contributed by atoms with E-state index in [9.17, 15) is 8.78 Å². The number of aryl methyl sites for hydroxylation is 1. The molecule has 1 heterocycles. The molecule has 3 aromatic rings. The van der Waals surface area contributed by atoms with Crippen LogP contribution < -0.4 is 9.47 Å². The number of hydrogen-bond acceptors (Lipinski definition) is 3. The second kappa shape index (κ2) is 9.04. The fraction of sp³-hybridized carbons (Fsp3) is 0.154. The minimum Gasteiger partial charge on any atom is -0.497 e. The van der Waals surface area contributed by atoms with Crippen molar-refractivity contribution in [3.63, 3.8) is 0 Å². The number of hydrogen-bond donors (Lipinski definition) is 0. The van der Waals surface area contributed by atoms with Crippen LogP contribution in [0, 0.1) is 18.6 Å². The van der Waals surface area contributed by atoms with E-state index in [4.69, 9.17) is 9.47 Å². The lowest BCUT2D eigenvalue weighted by Gasteiger charge is -2.32.